The van der Waals surface area contributed by atoms with E-state index < -0.39 is 17.7 Å². The highest BCUT2D eigenvalue weighted by Crippen LogP contribution is 2.35. The van der Waals surface area contributed by atoms with Gasteiger partial charge in [-0.1, -0.05) is 12.8 Å². The van der Waals surface area contributed by atoms with Gasteiger partial charge in [0.15, 0.2) is 11.6 Å². The maximum atomic E-state index is 14.8. The van der Waals surface area contributed by atoms with E-state index in [0.29, 0.717) is 29.1 Å². The lowest BCUT2D eigenvalue weighted by Crippen LogP contribution is -2.39. The monoisotopic (exact) mass is 443 g/mol. The quantitative estimate of drug-likeness (QED) is 0.401. The summed E-state index contributed by atoms with van der Waals surface area (Å²) < 4.78 is 30.3. The van der Waals surface area contributed by atoms with Gasteiger partial charge >= 0.3 is 0 Å². The van der Waals surface area contributed by atoms with Gasteiger partial charge in [-0.05, 0) is 50.5 Å². The van der Waals surface area contributed by atoms with Crippen molar-refractivity contribution >= 4 is 34.1 Å². The van der Waals surface area contributed by atoms with E-state index in [1.165, 1.54) is 4.68 Å². The van der Waals surface area contributed by atoms with E-state index in [-0.39, 0.29) is 29.3 Å². The van der Waals surface area contributed by atoms with Crippen LogP contribution in [0.15, 0.2) is 24.3 Å². The summed E-state index contributed by atoms with van der Waals surface area (Å²) in [5.41, 5.74) is 12.6. The average Bonchev–Trinajstić information content (AvgIpc) is 3.51. The van der Waals surface area contributed by atoms with Gasteiger partial charge in [-0.15, -0.1) is 5.10 Å². The Kier molecular flexibility index (Phi) is 5.96. The number of pyridine rings is 1. The largest absolute Gasteiger partial charge is 0.365 e. The lowest BCUT2D eigenvalue weighted by atomic mass is 10.0. The Morgan fingerprint density at radius 2 is 2.03 bits per heavy atom. The number of nitrogens with two attached hydrogens (primary N) is 2. The Balaban J connectivity index is 1.68. The minimum Gasteiger partial charge on any atom is -0.365 e. The molecule has 1 aliphatic carbocycles. The predicted molar refractivity (Wildman–Crippen MR) is 120 cm³/mol. The van der Waals surface area contributed by atoms with Gasteiger partial charge in [0.1, 0.15) is 5.82 Å². The van der Waals surface area contributed by atoms with Crippen LogP contribution < -0.4 is 22.1 Å². The number of hydrogen-bond donors (Lipinski definition) is 4. The number of rotatable bonds is 9. The number of carbonyl (C=O) groups is 1. The minimum absolute atomic E-state index is 0.00817. The first-order valence-electron chi connectivity index (χ1n) is 10.7. The molecule has 0 spiro atoms. The molecule has 1 aliphatic rings. The summed E-state index contributed by atoms with van der Waals surface area (Å²) in [4.78, 5) is 16.3. The van der Waals surface area contributed by atoms with Gasteiger partial charge in [-0.3, -0.25) is 9.48 Å². The number of amides is 1. The zero-order valence-electron chi connectivity index (χ0n) is 18.0. The van der Waals surface area contributed by atoms with Gasteiger partial charge in [-0.2, -0.15) is 4.39 Å². The molecule has 0 saturated heterocycles. The number of fused-ring (bicyclic) bond motifs is 1. The number of nitrogens with one attached hydrogen (secondary N) is 2. The van der Waals surface area contributed by atoms with Crippen molar-refractivity contribution in [2.24, 2.45) is 17.4 Å². The van der Waals surface area contributed by atoms with Crippen LogP contribution in [0.1, 0.15) is 43.5 Å². The molecule has 2 aromatic heterocycles. The molecular weight excluding hydrogens is 416 g/mol. The van der Waals surface area contributed by atoms with E-state index in [1.807, 2.05) is 13.8 Å². The molecule has 2 heterocycles. The second-order valence-corrected chi connectivity index (χ2v) is 8.33. The fourth-order valence-corrected chi connectivity index (χ4v) is 3.76. The molecule has 32 heavy (non-hydrogen) atoms. The minimum atomic E-state index is -0.821. The van der Waals surface area contributed by atoms with Crippen molar-refractivity contribution in [3.63, 3.8) is 0 Å². The van der Waals surface area contributed by atoms with Gasteiger partial charge in [-0.25, -0.2) is 9.37 Å². The highest BCUT2D eigenvalue weighted by molar-refractivity contribution is 5.99. The normalized spacial score (nSPS) is 15.5. The van der Waals surface area contributed by atoms with Crippen LogP contribution in [0.25, 0.3) is 10.9 Å². The van der Waals surface area contributed by atoms with E-state index in [2.05, 4.69) is 20.7 Å². The lowest BCUT2D eigenvalue weighted by molar-refractivity contribution is 0.100. The van der Waals surface area contributed by atoms with E-state index in [4.69, 9.17) is 11.5 Å². The van der Waals surface area contributed by atoms with Crippen molar-refractivity contribution in [2.75, 3.05) is 10.6 Å². The summed E-state index contributed by atoms with van der Waals surface area (Å²) in [6, 6.07) is 5.60. The van der Waals surface area contributed by atoms with Crippen LogP contribution in [-0.4, -0.2) is 32.8 Å². The van der Waals surface area contributed by atoms with Crippen LogP contribution in [0.3, 0.4) is 0 Å². The molecular formula is C22H27F2N7O. The van der Waals surface area contributed by atoms with Crippen LogP contribution >= 0.6 is 0 Å². The molecule has 0 radical (unpaired) electrons. The van der Waals surface area contributed by atoms with Crippen molar-refractivity contribution in [3.05, 3.63) is 41.6 Å². The summed E-state index contributed by atoms with van der Waals surface area (Å²) >= 11 is 0. The maximum Gasteiger partial charge on any atom is 0.252 e. The second-order valence-electron chi connectivity index (χ2n) is 8.33. The number of carbonyl (C=O) groups excluding carboxylic acids is 1. The molecule has 1 amide bonds. The Morgan fingerprint density at radius 1 is 1.28 bits per heavy atom. The molecule has 0 unspecified atom stereocenters. The van der Waals surface area contributed by atoms with Gasteiger partial charge in [0.05, 0.1) is 16.5 Å². The van der Waals surface area contributed by atoms with Crippen molar-refractivity contribution in [3.8, 4) is 0 Å². The zero-order valence-corrected chi connectivity index (χ0v) is 18.0. The number of benzene rings is 1. The molecule has 6 N–H and O–H groups in total. The molecule has 1 aromatic carbocycles. The van der Waals surface area contributed by atoms with Gasteiger partial charge in [0, 0.05) is 24.3 Å². The Morgan fingerprint density at radius 3 is 2.66 bits per heavy atom. The maximum absolute atomic E-state index is 14.8. The van der Waals surface area contributed by atoms with E-state index >= 15 is 0 Å². The number of hydrogen-bond acceptors (Lipinski definition) is 6. The number of nitrogens with zero attached hydrogens (tertiary/aromatic N) is 3. The number of aryl methyl sites for hydroxylation is 1. The first-order chi connectivity index (χ1) is 15.3. The zero-order chi connectivity index (χ0) is 23.0. The first-order valence-corrected chi connectivity index (χ1v) is 10.7. The second kappa shape index (κ2) is 8.70. The molecule has 4 rings (SSSR count). The van der Waals surface area contributed by atoms with Gasteiger partial charge in [0.25, 0.3) is 5.91 Å². The number of anilines is 3. The molecule has 1 fully saturated rings. The smallest absolute Gasteiger partial charge is 0.252 e. The molecule has 10 heteroatoms. The fraction of sp³-hybridized carbons (Fsp3) is 0.409. The van der Waals surface area contributed by atoms with E-state index in [1.54, 1.807) is 18.2 Å². The van der Waals surface area contributed by atoms with Gasteiger partial charge < -0.3 is 22.1 Å². The number of primary amides is 1. The standard InChI is InChI=1S/C22H27F2N7O/c1-3-31-18-9-13(6-7-14(18)19(24)30-31)27-21-15(20(26)32)10-16(23)22(29-21)28-17(11(2)25)8-12-4-5-12/h6-7,9-12,17H,3-5,8,25H2,1-2H3,(H2,26,32)(H2,27,28,29)/t11-,17+/m0/s1. The molecule has 0 aliphatic heterocycles. The first kappa shape index (κ1) is 21.9. The molecule has 0 bridgehead atoms. The lowest BCUT2D eigenvalue weighted by Gasteiger charge is -2.24. The Labute approximate surface area is 184 Å². The summed E-state index contributed by atoms with van der Waals surface area (Å²) in [7, 11) is 0. The van der Waals surface area contributed by atoms with Crippen molar-refractivity contribution in [1.29, 1.82) is 0 Å². The Bertz CT molecular complexity index is 1160. The third kappa shape index (κ3) is 4.50. The highest BCUT2D eigenvalue weighted by Gasteiger charge is 2.28. The molecule has 1 saturated carbocycles. The van der Waals surface area contributed by atoms with Crippen molar-refractivity contribution in [1.82, 2.24) is 14.8 Å². The van der Waals surface area contributed by atoms with Crippen molar-refractivity contribution in [2.45, 2.75) is 51.7 Å². The molecule has 3 aromatic rings. The predicted octanol–water partition coefficient (Wildman–Crippen LogP) is 3.50. The van der Waals surface area contributed by atoms with Crippen molar-refractivity contribution < 1.29 is 13.6 Å². The Hall–Kier alpha value is -3.27. The number of aromatic nitrogens is 3. The van der Waals surface area contributed by atoms with Gasteiger partial charge in [0.2, 0.25) is 5.95 Å². The fourth-order valence-electron chi connectivity index (χ4n) is 3.76. The summed E-state index contributed by atoms with van der Waals surface area (Å²) in [6.45, 7) is 4.20. The average molecular weight is 444 g/mol. The summed E-state index contributed by atoms with van der Waals surface area (Å²) in [6.07, 6.45) is 3.11. The van der Waals surface area contributed by atoms with Crippen LogP contribution in [0, 0.1) is 17.7 Å². The van der Waals surface area contributed by atoms with Crippen LogP contribution in [0.4, 0.5) is 26.1 Å². The SMILES string of the molecule is CCn1nc(F)c2ccc(Nc3nc(N[C@H](CC4CC4)[C@H](C)N)c(F)cc3C(N)=O)cc21. The highest BCUT2D eigenvalue weighted by atomic mass is 19.1. The van der Waals surface area contributed by atoms with E-state index in [9.17, 15) is 13.6 Å². The third-order valence-corrected chi connectivity index (χ3v) is 5.75. The number of halogens is 2. The molecule has 8 nitrogen and oxygen atoms in total. The molecule has 2 atom stereocenters. The van der Waals surface area contributed by atoms with Crippen LogP contribution in [0.5, 0.6) is 0 Å². The third-order valence-electron chi connectivity index (χ3n) is 5.75. The van der Waals surface area contributed by atoms with E-state index in [0.717, 1.165) is 25.3 Å². The summed E-state index contributed by atoms with van der Waals surface area (Å²) in [5, 5.41) is 10.4. The van der Waals surface area contributed by atoms with Crippen LogP contribution in [-0.2, 0) is 6.54 Å². The van der Waals surface area contributed by atoms with Crippen LogP contribution in [0.2, 0.25) is 0 Å². The summed E-state index contributed by atoms with van der Waals surface area (Å²) in [5.74, 6) is -1.40. The topological polar surface area (TPSA) is 124 Å². The molecule has 170 valence electrons.